The van der Waals surface area contributed by atoms with E-state index in [1.807, 2.05) is 24.3 Å². The lowest BCUT2D eigenvalue weighted by atomic mass is 10.0. The lowest BCUT2D eigenvalue weighted by Crippen LogP contribution is -2.13. The third kappa shape index (κ3) is 3.67. The van der Waals surface area contributed by atoms with Gasteiger partial charge in [-0.05, 0) is 47.9 Å². The molecule has 0 saturated carbocycles. The maximum absolute atomic E-state index is 8.95. The van der Waals surface area contributed by atoms with Crippen molar-refractivity contribution < 1.29 is 0 Å². The molecule has 0 spiro atoms. The molecule has 0 saturated heterocycles. The van der Waals surface area contributed by atoms with E-state index in [2.05, 4.69) is 42.6 Å². The molecule has 0 atom stereocenters. The zero-order chi connectivity index (χ0) is 13.5. The van der Waals surface area contributed by atoms with E-state index in [1.54, 1.807) is 0 Å². The summed E-state index contributed by atoms with van der Waals surface area (Å²) in [6.45, 7) is 4.09. The van der Waals surface area contributed by atoms with Gasteiger partial charge in [0.2, 0.25) is 0 Å². The summed E-state index contributed by atoms with van der Waals surface area (Å²) in [5.41, 5.74) is 4.23. The maximum atomic E-state index is 8.95. The van der Waals surface area contributed by atoms with Crippen LogP contribution in [0, 0.1) is 11.3 Å². The van der Waals surface area contributed by atoms with Crippen molar-refractivity contribution in [3.63, 3.8) is 0 Å². The van der Waals surface area contributed by atoms with Gasteiger partial charge in [0.15, 0.2) is 0 Å². The standard InChI is InChI=1S/C17H18N2/c1-2-9-19-13-15-6-4-8-17(11-15)16-7-3-5-14(10-16)12-18/h3-8,10-11,19H,2,9,13H2,1H3. The fraction of sp³-hybridized carbons (Fsp3) is 0.235. The topological polar surface area (TPSA) is 35.8 Å². The first-order chi connectivity index (χ1) is 9.33. The van der Waals surface area contributed by atoms with Gasteiger partial charge in [0, 0.05) is 6.54 Å². The zero-order valence-electron chi connectivity index (χ0n) is 11.2. The van der Waals surface area contributed by atoms with Crippen LogP contribution in [-0.2, 0) is 6.54 Å². The van der Waals surface area contributed by atoms with Gasteiger partial charge >= 0.3 is 0 Å². The SMILES string of the molecule is CCCNCc1cccc(-c2cccc(C#N)c2)c1. The monoisotopic (exact) mass is 250 g/mol. The molecule has 0 aliphatic rings. The Kier molecular flexibility index (Phi) is 4.72. The molecule has 0 aromatic heterocycles. The average Bonchev–Trinajstić information content (AvgIpc) is 2.48. The molecule has 0 amide bonds. The third-order valence-electron chi connectivity index (χ3n) is 3.01. The molecule has 2 aromatic rings. The van der Waals surface area contributed by atoms with Crippen molar-refractivity contribution in [2.24, 2.45) is 0 Å². The van der Waals surface area contributed by atoms with Gasteiger partial charge in [-0.2, -0.15) is 5.26 Å². The molecule has 1 N–H and O–H groups in total. The lowest BCUT2D eigenvalue weighted by Gasteiger charge is -2.07. The Hall–Kier alpha value is -2.11. The van der Waals surface area contributed by atoms with Crippen LogP contribution in [0.5, 0.6) is 0 Å². The molecule has 0 heterocycles. The summed E-state index contributed by atoms with van der Waals surface area (Å²) in [6.07, 6.45) is 1.14. The Labute approximate surface area is 114 Å². The molecular weight excluding hydrogens is 232 g/mol. The van der Waals surface area contributed by atoms with Crippen LogP contribution in [-0.4, -0.2) is 6.54 Å². The third-order valence-corrected chi connectivity index (χ3v) is 3.01. The number of nitrogens with zero attached hydrogens (tertiary/aromatic N) is 1. The number of nitriles is 1. The highest BCUT2D eigenvalue weighted by Gasteiger charge is 2.00. The minimum Gasteiger partial charge on any atom is -0.313 e. The molecule has 2 heteroatoms. The number of benzene rings is 2. The Morgan fingerprint density at radius 3 is 2.53 bits per heavy atom. The van der Waals surface area contributed by atoms with E-state index in [1.165, 1.54) is 5.56 Å². The molecule has 19 heavy (non-hydrogen) atoms. The molecule has 0 aliphatic carbocycles. The number of nitrogens with one attached hydrogen (secondary N) is 1. The van der Waals surface area contributed by atoms with E-state index in [-0.39, 0.29) is 0 Å². The Morgan fingerprint density at radius 1 is 1.05 bits per heavy atom. The highest BCUT2D eigenvalue weighted by Crippen LogP contribution is 2.21. The van der Waals surface area contributed by atoms with Crippen LogP contribution in [0.3, 0.4) is 0 Å². The predicted octanol–water partition coefficient (Wildman–Crippen LogP) is 3.72. The fourth-order valence-electron chi connectivity index (χ4n) is 2.04. The van der Waals surface area contributed by atoms with E-state index < -0.39 is 0 Å². The molecule has 2 nitrogen and oxygen atoms in total. The minimum absolute atomic E-state index is 0.701. The summed E-state index contributed by atoms with van der Waals surface area (Å²) in [7, 11) is 0. The summed E-state index contributed by atoms with van der Waals surface area (Å²) in [5.74, 6) is 0. The van der Waals surface area contributed by atoms with Gasteiger partial charge < -0.3 is 5.32 Å². The molecule has 0 unspecified atom stereocenters. The summed E-state index contributed by atoms with van der Waals surface area (Å²) >= 11 is 0. The van der Waals surface area contributed by atoms with Gasteiger partial charge in [-0.15, -0.1) is 0 Å². The Morgan fingerprint density at radius 2 is 1.79 bits per heavy atom. The van der Waals surface area contributed by atoms with Crippen LogP contribution >= 0.6 is 0 Å². The van der Waals surface area contributed by atoms with Gasteiger partial charge in [0.25, 0.3) is 0 Å². The van der Waals surface area contributed by atoms with Gasteiger partial charge in [-0.1, -0.05) is 37.3 Å². The summed E-state index contributed by atoms with van der Waals surface area (Å²) in [6, 6.07) is 18.4. The molecule has 0 fully saturated rings. The maximum Gasteiger partial charge on any atom is 0.0991 e. The average molecular weight is 250 g/mol. The van der Waals surface area contributed by atoms with Crippen molar-refractivity contribution in [3.8, 4) is 17.2 Å². The van der Waals surface area contributed by atoms with E-state index >= 15 is 0 Å². The van der Waals surface area contributed by atoms with Crippen molar-refractivity contribution in [2.45, 2.75) is 19.9 Å². The van der Waals surface area contributed by atoms with Crippen molar-refractivity contribution >= 4 is 0 Å². The van der Waals surface area contributed by atoms with E-state index in [4.69, 9.17) is 5.26 Å². The number of rotatable bonds is 5. The van der Waals surface area contributed by atoms with Crippen molar-refractivity contribution in [1.82, 2.24) is 5.32 Å². The lowest BCUT2D eigenvalue weighted by molar-refractivity contribution is 0.675. The quantitative estimate of drug-likeness (QED) is 0.821. The normalized spacial score (nSPS) is 10.1. The van der Waals surface area contributed by atoms with E-state index in [0.29, 0.717) is 5.56 Å². The molecule has 0 bridgehead atoms. The molecule has 0 radical (unpaired) electrons. The minimum atomic E-state index is 0.701. The highest BCUT2D eigenvalue weighted by atomic mass is 14.8. The Bertz CT molecular complexity index is 582. The first kappa shape index (κ1) is 13.3. The van der Waals surface area contributed by atoms with Crippen molar-refractivity contribution in [2.75, 3.05) is 6.54 Å². The largest absolute Gasteiger partial charge is 0.313 e. The second-order valence-corrected chi connectivity index (χ2v) is 4.57. The molecule has 2 rings (SSSR count). The molecule has 2 aromatic carbocycles. The molecular formula is C17H18N2. The summed E-state index contributed by atoms with van der Waals surface area (Å²) in [5, 5.41) is 12.3. The van der Waals surface area contributed by atoms with Crippen LogP contribution in [0.1, 0.15) is 24.5 Å². The first-order valence-electron chi connectivity index (χ1n) is 6.63. The van der Waals surface area contributed by atoms with Crippen LogP contribution in [0.25, 0.3) is 11.1 Å². The highest BCUT2D eigenvalue weighted by molar-refractivity contribution is 5.65. The first-order valence-corrected chi connectivity index (χ1v) is 6.63. The fourth-order valence-corrected chi connectivity index (χ4v) is 2.04. The van der Waals surface area contributed by atoms with E-state index in [9.17, 15) is 0 Å². The van der Waals surface area contributed by atoms with Crippen LogP contribution < -0.4 is 5.32 Å². The second kappa shape index (κ2) is 6.72. The van der Waals surface area contributed by atoms with Gasteiger partial charge in [0.05, 0.1) is 11.6 Å². The molecule has 0 aliphatic heterocycles. The van der Waals surface area contributed by atoms with Crippen LogP contribution in [0.2, 0.25) is 0 Å². The second-order valence-electron chi connectivity index (χ2n) is 4.57. The van der Waals surface area contributed by atoms with Gasteiger partial charge in [0.1, 0.15) is 0 Å². The number of hydrogen-bond donors (Lipinski definition) is 1. The van der Waals surface area contributed by atoms with Gasteiger partial charge in [-0.3, -0.25) is 0 Å². The Balaban J connectivity index is 2.20. The van der Waals surface area contributed by atoms with Crippen LogP contribution in [0.15, 0.2) is 48.5 Å². The summed E-state index contributed by atoms with van der Waals surface area (Å²) in [4.78, 5) is 0. The number of hydrogen-bond acceptors (Lipinski definition) is 2. The van der Waals surface area contributed by atoms with Crippen molar-refractivity contribution in [1.29, 1.82) is 5.26 Å². The zero-order valence-corrected chi connectivity index (χ0v) is 11.2. The van der Waals surface area contributed by atoms with E-state index in [0.717, 1.165) is 30.6 Å². The van der Waals surface area contributed by atoms with Crippen molar-refractivity contribution in [3.05, 3.63) is 59.7 Å². The molecule has 96 valence electrons. The summed E-state index contributed by atoms with van der Waals surface area (Å²) < 4.78 is 0. The predicted molar refractivity (Wildman–Crippen MR) is 78.6 cm³/mol. The van der Waals surface area contributed by atoms with Crippen LogP contribution in [0.4, 0.5) is 0 Å². The van der Waals surface area contributed by atoms with Gasteiger partial charge in [-0.25, -0.2) is 0 Å². The smallest absolute Gasteiger partial charge is 0.0991 e.